The van der Waals surface area contributed by atoms with E-state index in [1.165, 1.54) is 57.8 Å². The van der Waals surface area contributed by atoms with Gasteiger partial charge in [0.25, 0.3) is 0 Å². The molecule has 0 nitrogen and oxygen atoms in total. The molecule has 0 aromatic heterocycles. The van der Waals surface area contributed by atoms with Gasteiger partial charge in [0.15, 0.2) is 0 Å². The van der Waals surface area contributed by atoms with Crippen LogP contribution in [0.15, 0.2) is 0 Å². The van der Waals surface area contributed by atoms with Gasteiger partial charge in [-0.05, 0) is 55.3 Å². The van der Waals surface area contributed by atoms with Crippen LogP contribution < -0.4 is 0 Å². The van der Waals surface area contributed by atoms with Crippen LogP contribution in [0.5, 0.6) is 0 Å². The zero-order valence-electron chi connectivity index (χ0n) is 10.9. The summed E-state index contributed by atoms with van der Waals surface area (Å²) in [6, 6.07) is 0. The van der Waals surface area contributed by atoms with Gasteiger partial charge in [-0.3, -0.25) is 0 Å². The zero-order chi connectivity index (χ0) is 10.9. The highest BCUT2D eigenvalue weighted by atomic mass is 14.5. The van der Waals surface area contributed by atoms with Crippen molar-refractivity contribution in [1.29, 1.82) is 0 Å². The van der Waals surface area contributed by atoms with Crippen molar-refractivity contribution in [2.45, 2.75) is 78.6 Å². The maximum atomic E-state index is 2.51. The third kappa shape index (κ3) is 2.40. The van der Waals surface area contributed by atoms with Gasteiger partial charge in [0.1, 0.15) is 0 Å². The molecule has 2 rings (SSSR count). The Balaban J connectivity index is 1.92. The molecule has 0 heteroatoms. The second-order valence-corrected chi connectivity index (χ2v) is 6.85. The first-order valence-electron chi connectivity index (χ1n) is 7.08. The van der Waals surface area contributed by atoms with E-state index in [0.717, 1.165) is 11.3 Å². The van der Waals surface area contributed by atoms with Crippen molar-refractivity contribution in [3.63, 3.8) is 0 Å². The van der Waals surface area contributed by atoms with E-state index < -0.39 is 0 Å². The van der Waals surface area contributed by atoms with Crippen molar-refractivity contribution in [1.82, 2.24) is 0 Å². The Morgan fingerprint density at radius 3 is 1.93 bits per heavy atom. The fourth-order valence-electron chi connectivity index (χ4n) is 3.61. The first-order valence-corrected chi connectivity index (χ1v) is 7.08. The van der Waals surface area contributed by atoms with E-state index in [2.05, 4.69) is 20.8 Å². The van der Waals surface area contributed by atoms with Gasteiger partial charge >= 0.3 is 0 Å². The Kier molecular flexibility index (Phi) is 3.14. The summed E-state index contributed by atoms with van der Waals surface area (Å²) in [5, 5.41) is 0. The summed E-state index contributed by atoms with van der Waals surface area (Å²) in [6.07, 6.45) is 13.5. The minimum absolute atomic E-state index is 0.689. The standard InChI is InChI=1S/C15H28/c1-4-14(3)9-11-15(12-10-14)7-5-13(2)6-8-15/h13H,4-12H2,1-3H3. The van der Waals surface area contributed by atoms with Gasteiger partial charge in [-0.2, -0.15) is 0 Å². The fraction of sp³-hybridized carbons (Fsp3) is 1.00. The molecule has 0 aromatic rings. The Hall–Kier alpha value is 0. The summed E-state index contributed by atoms with van der Waals surface area (Å²) in [4.78, 5) is 0. The van der Waals surface area contributed by atoms with E-state index in [-0.39, 0.29) is 0 Å². The summed E-state index contributed by atoms with van der Waals surface area (Å²) in [5.41, 5.74) is 1.48. The average Bonchev–Trinajstić information content (AvgIpc) is 2.27. The van der Waals surface area contributed by atoms with Crippen LogP contribution in [-0.2, 0) is 0 Å². The topological polar surface area (TPSA) is 0 Å². The second kappa shape index (κ2) is 4.11. The molecular formula is C15H28. The predicted octanol–water partition coefficient (Wildman–Crippen LogP) is 5.17. The van der Waals surface area contributed by atoms with Crippen molar-refractivity contribution >= 4 is 0 Å². The van der Waals surface area contributed by atoms with Crippen LogP contribution in [0.2, 0.25) is 0 Å². The molecule has 0 heterocycles. The minimum atomic E-state index is 0.689. The summed E-state index contributed by atoms with van der Waals surface area (Å²) in [7, 11) is 0. The molecule has 0 amide bonds. The van der Waals surface area contributed by atoms with E-state index in [0.29, 0.717) is 5.41 Å². The smallest absolute Gasteiger partial charge is 0.0297 e. The molecule has 2 aliphatic carbocycles. The summed E-state index contributed by atoms with van der Waals surface area (Å²) < 4.78 is 0. The molecule has 0 bridgehead atoms. The van der Waals surface area contributed by atoms with Crippen LogP contribution in [0.4, 0.5) is 0 Å². The monoisotopic (exact) mass is 208 g/mol. The van der Waals surface area contributed by atoms with Crippen LogP contribution in [0.3, 0.4) is 0 Å². The van der Waals surface area contributed by atoms with Gasteiger partial charge in [-0.15, -0.1) is 0 Å². The third-order valence-corrected chi connectivity index (χ3v) is 5.71. The maximum absolute atomic E-state index is 2.51. The highest BCUT2D eigenvalue weighted by Crippen LogP contribution is 2.53. The Morgan fingerprint density at radius 2 is 1.47 bits per heavy atom. The molecule has 1 spiro atoms. The lowest BCUT2D eigenvalue weighted by molar-refractivity contribution is 0.0414. The molecule has 2 aliphatic rings. The first-order chi connectivity index (χ1) is 7.08. The van der Waals surface area contributed by atoms with E-state index in [1.54, 1.807) is 0 Å². The normalized spacial score (nSPS) is 47.0. The molecule has 0 radical (unpaired) electrons. The van der Waals surface area contributed by atoms with Crippen LogP contribution in [0.25, 0.3) is 0 Å². The van der Waals surface area contributed by atoms with Gasteiger partial charge in [-0.1, -0.05) is 40.0 Å². The van der Waals surface area contributed by atoms with E-state index in [4.69, 9.17) is 0 Å². The number of hydrogen-bond donors (Lipinski definition) is 0. The molecule has 0 aromatic carbocycles. The lowest BCUT2D eigenvalue weighted by Crippen LogP contribution is -2.35. The van der Waals surface area contributed by atoms with Gasteiger partial charge in [0.05, 0.1) is 0 Å². The van der Waals surface area contributed by atoms with Crippen molar-refractivity contribution in [3.05, 3.63) is 0 Å². The lowest BCUT2D eigenvalue weighted by atomic mass is 9.58. The van der Waals surface area contributed by atoms with Crippen molar-refractivity contribution in [3.8, 4) is 0 Å². The molecule has 2 fully saturated rings. The fourth-order valence-corrected chi connectivity index (χ4v) is 3.61. The van der Waals surface area contributed by atoms with Gasteiger partial charge in [0.2, 0.25) is 0 Å². The maximum Gasteiger partial charge on any atom is -0.0297 e. The molecule has 88 valence electrons. The average molecular weight is 208 g/mol. The highest BCUT2D eigenvalue weighted by Gasteiger charge is 2.40. The second-order valence-electron chi connectivity index (χ2n) is 6.85. The molecule has 0 N–H and O–H groups in total. The van der Waals surface area contributed by atoms with Crippen LogP contribution in [0, 0.1) is 16.7 Å². The molecule has 0 aliphatic heterocycles. The van der Waals surface area contributed by atoms with Crippen molar-refractivity contribution in [2.75, 3.05) is 0 Å². The molecule has 0 unspecified atom stereocenters. The Morgan fingerprint density at radius 1 is 0.933 bits per heavy atom. The van der Waals surface area contributed by atoms with Crippen LogP contribution in [-0.4, -0.2) is 0 Å². The SMILES string of the molecule is CCC1(C)CCC2(CCC(C)CC2)CC1. The summed E-state index contributed by atoms with van der Waals surface area (Å²) in [6.45, 7) is 7.32. The highest BCUT2D eigenvalue weighted by molar-refractivity contribution is 4.92. The summed E-state index contributed by atoms with van der Waals surface area (Å²) >= 11 is 0. The van der Waals surface area contributed by atoms with Gasteiger partial charge < -0.3 is 0 Å². The Bertz CT molecular complexity index is 198. The predicted molar refractivity (Wildman–Crippen MR) is 66.9 cm³/mol. The molecular weight excluding hydrogens is 180 g/mol. The van der Waals surface area contributed by atoms with Crippen molar-refractivity contribution in [2.24, 2.45) is 16.7 Å². The lowest BCUT2D eigenvalue weighted by Gasteiger charge is -2.48. The zero-order valence-corrected chi connectivity index (χ0v) is 10.9. The number of hydrogen-bond acceptors (Lipinski definition) is 0. The minimum Gasteiger partial charge on any atom is -0.0649 e. The largest absolute Gasteiger partial charge is 0.0649 e. The van der Waals surface area contributed by atoms with E-state index >= 15 is 0 Å². The van der Waals surface area contributed by atoms with Gasteiger partial charge in [0, 0.05) is 0 Å². The first kappa shape index (κ1) is 11.5. The molecule has 0 saturated heterocycles. The summed E-state index contributed by atoms with van der Waals surface area (Å²) in [5.74, 6) is 1.01. The molecule has 0 atom stereocenters. The molecule has 2 saturated carbocycles. The van der Waals surface area contributed by atoms with Crippen LogP contribution >= 0.6 is 0 Å². The quantitative estimate of drug-likeness (QED) is 0.557. The molecule has 15 heavy (non-hydrogen) atoms. The van der Waals surface area contributed by atoms with Crippen LogP contribution in [0.1, 0.15) is 78.6 Å². The van der Waals surface area contributed by atoms with Crippen molar-refractivity contribution < 1.29 is 0 Å². The Labute approximate surface area is 95.8 Å². The number of rotatable bonds is 1. The third-order valence-electron chi connectivity index (χ3n) is 5.71. The van der Waals surface area contributed by atoms with E-state index in [1.807, 2.05) is 0 Å². The van der Waals surface area contributed by atoms with E-state index in [9.17, 15) is 0 Å². The van der Waals surface area contributed by atoms with Gasteiger partial charge in [-0.25, -0.2) is 0 Å².